The maximum Gasteiger partial charge on any atom is 0.244 e. The van der Waals surface area contributed by atoms with Crippen molar-refractivity contribution in [3.8, 4) is 0 Å². The van der Waals surface area contributed by atoms with Gasteiger partial charge < -0.3 is 11.1 Å². The molecule has 0 aliphatic carbocycles. The number of benzene rings is 2. The minimum absolute atomic E-state index is 0.0374. The van der Waals surface area contributed by atoms with E-state index in [1.165, 1.54) is 77.0 Å². The highest BCUT2D eigenvalue weighted by Gasteiger charge is 2.08. The number of hydrogen-bond acceptors (Lipinski definition) is 2. The van der Waals surface area contributed by atoms with Gasteiger partial charge in [0.05, 0.1) is 0 Å². The van der Waals surface area contributed by atoms with E-state index in [2.05, 4.69) is 12.2 Å². The van der Waals surface area contributed by atoms with Crippen molar-refractivity contribution >= 4 is 17.2 Å². The molecule has 0 aliphatic rings. The van der Waals surface area contributed by atoms with E-state index in [-0.39, 0.29) is 5.91 Å². The average Bonchev–Trinajstić information content (AvgIpc) is 2.84. The number of nitrogen functional groups attached to an aromatic ring is 1. The van der Waals surface area contributed by atoms with Crippen LogP contribution in [0.2, 0.25) is 0 Å². The zero-order valence-corrected chi connectivity index (χ0v) is 20.7. The monoisotopic (exact) mass is 448 g/mol. The van der Waals surface area contributed by atoms with Crippen molar-refractivity contribution < 1.29 is 4.79 Å². The van der Waals surface area contributed by atoms with Crippen LogP contribution in [0.5, 0.6) is 0 Å². The Morgan fingerprint density at radius 2 is 1.18 bits per heavy atom. The summed E-state index contributed by atoms with van der Waals surface area (Å²) >= 11 is 0. The number of amides is 1. The number of nitrogens with two attached hydrogens (primary N) is 1. The summed E-state index contributed by atoms with van der Waals surface area (Å²) in [5, 5.41) is 3.06. The van der Waals surface area contributed by atoms with Crippen LogP contribution in [0.25, 0.3) is 5.57 Å². The number of rotatable bonds is 17. The normalized spacial score (nSPS) is 11.5. The molecule has 33 heavy (non-hydrogen) atoms. The van der Waals surface area contributed by atoms with E-state index in [0.717, 1.165) is 35.4 Å². The lowest BCUT2D eigenvalue weighted by Crippen LogP contribution is -2.22. The summed E-state index contributed by atoms with van der Waals surface area (Å²) in [6.45, 7) is 3.01. The molecular formula is C30H44N2O. The van der Waals surface area contributed by atoms with Gasteiger partial charge in [-0.2, -0.15) is 0 Å². The fourth-order valence-corrected chi connectivity index (χ4v) is 4.15. The Labute approximate surface area is 201 Å². The Bertz CT molecular complexity index is 796. The van der Waals surface area contributed by atoms with Crippen LogP contribution in [0.3, 0.4) is 0 Å². The van der Waals surface area contributed by atoms with Gasteiger partial charge in [-0.25, -0.2) is 0 Å². The molecule has 180 valence electrons. The topological polar surface area (TPSA) is 55.1 Å². The summed E-state index contributed by atoms with van der Waals surface area (Å²) in [7, 11) is 0. The number of nitrogens with one attached hydrogen (secondary N) is 1. The Kier molecular flexibility index (Phi) is 13.8. The van der Waals surface area contributed by atoms with Crippen LogP contribution in [0, 0.1) is 0 Å². The van der Waals surface area contributed by atoms with E-state index in [9.17, 15) is 4.79 Å². The lowest BCUT2D eigenvalue weighted by Gasteiger charge is -2.10. The molecule has 1 amide bonds. The number of anilines is 1. The first-order valence-corrected chi connectivity index (χ1v) is 13.1. The zero-order chi connectivity index (χ0) is 23.6. The van der Waals surface area contributed by atoms with Crippen LogP contribution in [-0.2, 0) is 4.79 Å². The quantitative estimate of drug-likeness (QED) is 0.147. The second-order valence-corrected chi connectivity index (χ2v) is 9.08. The first-order valence-electron chi connectivity index (χ1n) is 13.1. The van der Waals surface area contributed by atoms with E-state index in [1.54, 1.807) is 6.08 Å². The first-order chi connectivity index (χ1) is 16.2. The van der Waals surface area contributed by atoms with E-state index in [1.807, 2.05) is 54.6 Å². The molecule has 2 aromatic carbocycles. The summed E-state index contributed by atoms with van der Waals surface area (Å²) in [6, 6.07) is 17.7. The lowest BCUT2D eigenvalue weighted by molar-refractivity contribution is -0.116. The Morgan fingerprint density at radius 1 is 0.697 bits per heavy atom. The maximum atomic E-state index is 12.6. The second kappa shape index (κ2) is 17.0. The molecule has 0 saturated heterocycles. The van der Waals surface area contributed by atoms with Gasteiger partial charge in [0.1, 0.15) is 0 Å². The molecule has 0 saturated carbocycles. The summed E-state index contributed by atoms with van der Waals surface area (Å²) in [5.74, 6) is -0.0374. The summed E-state index contributed by atoms with van der Waals surface area (Å²) < 4.78 is 0. The summed E-state index contributed by atoms with van der Waals surface area (Å²) in [4.78, 5) is 12.6. The molecule has 0 bridgehead atoms. The van der Waals surface area contributed by atoms with Crippen molar-refractivity contribution in [3.05, 3.63) is 71.8 Å². The van der Waals surface area contributed by atoms with Gasteiger partial charge in [0.2, 0.25) is 5.91 Å². The van der Waals surface area contributed by atoms with Gasteiger partial charge >= 0.3 is 0 Å². The molecule has 0 spiro atoms. The third kappa shape index (κ3) is 11.8. The highest BCUT2D eigenvalue weighted by atomic mass is 16.1. The van der Waals surface area contributed by atoms with Gasteiger partial charge in [-0.05, 0) is 35.3 Å². The van der Waals surface area contributed by atoms with Crippen LogP contribution >= 0.6 is 0 Å². The fraction of sp³-hybridized carbons (Fsp3) is 0.500. The van der Waals surface area contributed by atoms with Crippen LogP contribution in [0.15, 0.2) is 60.7 Å². The van der Waals surface area contributed by atoms with Crippen LogP contribution in [0.4, 0.5) is 5.69 Å². The van der Waals surface area contributed by atoms with Crippen molar-refractivity contribution in [3.63, 3.8) is 0 Å². The average molecular weight is 449 g/mol. The molecule has 0 unspecified atom stereocenters. The van der Waals surface area contributed by atoms with Crippen molar-refractivity contribution in [1.82, 2.24) is 5.32 Å². The van der Waals surface area contributed by atoms with E-state index in [4.69, 9.17) is 5.73 Å². The van der Waals surface area contributed by atoms with Gasteiger partial charge in [0.25, 0.3) is 0 Å². The molecule has 0 atom stereocenters. The molecular weight excluding hydrogens is 404 g/mol. The summed E-state index contributed by atoms with van der Waals surface area (Å²) in [5.41, 5.74) is 9.49. The predicted molar refractivity (Wildman–Crippen MR) is 143 cm³/mol. The van der Waals surface area contributed by atoms with Gasteiger partial charge in [-0.1, -0.05) is 126 Å². The van der Waals surface area contributed by atoms with Crippen molar-refractivity contribution in [2.24, 2.45) is 0 Å². The second-order valence-electron chi connectivity index (χ2n) is 9.08. The molecule has 3 nitrogen and oxygen atoms in total. The molecule has 2 rings (SSSR count). The van der Waals surface area contributed by atoms with Gasteiger partial charge in [-0.15, -0.1) is 0 Å². The molecule has 2 aromatic rings. The number of unbranched alkanes of at least 4 members (excludes halogenated alkanes) is 12. The largest absolute Gasteiger partial charge is 0.399 e. The third-order valence-corrected chi connectivity index (χ3v) is 6.16. The van der Waals surface area contributed by atoms with E-state index in [0.29, 0.717) is 0 Å². The van der Waals surface area contributed by atoms with Crippen LogP contribution in [0.1, 0.15) is 102 Å². The molecule has 0 heterocycles. The minimum Gasteiger partial charge on any atom is -0.399 e. The Balaban J connectivity index is 1.62. The van der Waals surface area contributed by atoms with Crippen molar-refractivity contribution in [2.45, 2.75) is 90.4 Å². The van der Waals surface area contributed by atoms with Crippen LogP contribution < -0.4 is 11.1 Å². The van der Waals surface area contributed by atoms with E-state index < -0.39 is 0 Å². The third-order valence-electron chi connectivity index (χ3n) is 6.16. The van der Waals surface area contributed by atoms with Crippen molar-refractivity contribution in [1.29, 1.82) is 0 Å². The lowest BCUT2D eigenvalue weighted by atomic mass is 9.97. The van der Waals surface area contributed by atoms with Gasteiger partial charge in [0, 0.05) is 18.3 Å². The molecule has 0 aromatic heterocycles. The van der Waals surface area contributed by atoms with E-state index >= 15 is 0 Å². The van der Waals surface area contributed by atoms with Gasteiger partial charge in [-0.3, -0.25) is 4.79 Å². The molecule has 3 N–H and O–H groups in total. The summed E-state index contributed by atoms with van der Waals surface area (Å²) in [6.07, 6.45) is 19.0. The number of carbonyl (C=O) groups excluding carboxylic acids is 1. The predicted octanol–water partition coefficient (Wildman–Crippen LogP) is 7.91. The van der Waals surface area contributed by atoms with Gasteiger partial charge in [0.15, 0.2) is 0 Å². The molecule has 0 aliphatic heterocycles. The fourth-order valence-electron chi connectivity index (χ4n) is 4.15. The molecule has 0 radical (unpaired) electrons. The molecule has 3 heteroatoms. The molecule has 0 fully saturated rings. The first kappa shape index (κ1) is 26.7. The minimum atomic E-state index is -0.0374. The Morgan fingerprint density at radius 3 is 1.73 bits per heavy atom. The number of hydrogen-bond donors (Lipinski definition) is 2. The SMILES string of the molecule is CCCCCCCCCCCCCCCNC(=O)/C=C(/c1ccccc1)c1ccc(N)cc1. The standard InChI is InChI=1S/C30H44N2O/c1-2-3-4-5-6-7-8-9-10-11-12-13-17-24-32-30(33)25-29(26-18-15-14-16-19-26)27-20-22-28(31)23-21-27/h14-16,18-23,25H,2-13,17,24,31H2,1H3,(H,32,33)/b29-25-. The van der Waals surface area contributed by atoms with Crippen molar-refractivity contribution in [2.75, 3.05) is 12.3 Å². The highest BCUT2D eigenvalue weighted by Crippen LogP contribution is 2.24. The number of carbonyl (C=O) groups is 1. The zero-order valence-electron chi connectivity index (χ0n) is 20.7. The maximum absolute atomic E-state index is 12.6. The van der Waals surface area contributed by atoms with Crippen LogP contribution in [-0.4, -0.2) is 12.5 Å². The Hall–Kier alpha value is -2.55. The smallest absolute Gasteiger partial charge is 0.244 e. The highest BCUT2D eigenvalue weighted by molar-refractivity contribution is 5.99.